The van der Waals surface area contributed by atoms with E-state index in [1.807, 2.05) is 17.5 Å². The maximum atomic E-state index is 13.1. The SMILES string of the molecule is O=C1CCC(N2Cc3c(SCc4csc(CC(=O)NC56CC7CC(CC(C7)C5)C6)n4)cccc3C2=O)C(=O)N1. The molecule has 204 valence electrons. The van der Waals surface area contributed by atoms with Gasteiger partial charge in [-0.2, -0.15) is 0 Å². The number of imide groups is 1. The lowest BCUT2D eigenvalue weighted by Gasteiger charge is -2.56. The van der Waals surface area contributed by atoms with Gasteiger partial charge in [0.1, 0.15) is 11.0 Å². The van der Waals surface area contributed by atoms with Crippen LogP contribution in [-0.2, 0) is 33.1 Å². The molecule has 10 heteroatoms. The Labute approximate surface area is 235 Å². The van der Waals surface area contributed by atoms with Crippen LogP contribution in [0.3, 0.4) is 0 Å². The number of carbonyl (C=O) groups is 4. The van der Waals surface area contributed by atoms with Crippen LogP contribution in [0.25, 0.3) is 0 Å². The van der Waals surface area contributed by atoms with Crippen LogP contribution in [0.4, 0.5) is 0 Å². The highest BCUT2D eigenvalue weighted by atomic mass is 32.2. The molecule has 1 aromatic heterocycles. The van der Waals surface area contributed by atoms with Crippen molar-refractivity contribution in [2.24, 2.45) is 17.8 Å². The number of piperidine rings is 1. The molecule has 4 bridgehead atoms. The predicted octanol–water partition coefficient (Wildman–Crippen LogP) is 3.82. The van der Waals surface area contributed by atoms with Crippen molar-refractivity contribution >= 4 is 46.7 Å². The quantitative estimate of drug-likeness (QED) is 0.391. The van der Waals surface area contributed by atoms with Gasteiger partial charge in [0.2, 0.25) is 17.7 Å². The minimum Gasteiger partial charge on any atom is -0.350 e. The third-order valence-corrected chi connectivity index (χ3v) is 11.3. The highest BCUT2D eigenvalue weighted by Crippen LogP contribution is 2.55. The number of amides is 4. The van der Waals surface area contributed by atoms with Crippen molar-refractivity contribution in [3.63, 3.8) is 0 Å². The fourth-order valence-corrected chi connectivity index (χ4v) is 9.95. The second kappa shape index (κ2) is 9.73. The topological polar surface area (TPSA) is 108 Å². The summed E-state index contributed by atoms with van der Waals surface area (Å²) < 4.78 is 0. The number of fused-ring (bicyclic) bond motifs is 1. The maximum absolute atomic E-state index is 13.1. The zero-order valence-corrected chi connectivity index (χ0v) is 23.4. The zero-order valence-electron chi connectivity index (χ0n) is 21.7. The zero-order chi connectivity index (χ0) is 26.7. The van der Waals surface area contributed by atoms with Gasteiger partial charge in [-0.25, -0.2) is 4.98 Å². The second-order valence-corrected chi connectivity index (χ2v) is 14.1. The first-order chi connectivity index (χ1) is 18.8. The molecule has 1 saturated heterocycles. The van der Waals surface area contributed by atoms with Gasteiger partial charge < -0.3 is 10.2 Å². The molecule has 1 atom stereocenters. The minimum absolute atomic E-state index is 0.0224. The molecule has 8 rings (SSSR count). The number of thioether (sulfide) groups is 1. The molecule has 4 aliphatic carbocycles. The third kappa shape index (κ3) is 4.79. The van der Waals surface area contributed by atoms with Gasteiger partial charge in [0.05, 0.1) is 12.1 Å². The lowest BCUT2D eigenvalue weighted by molar-refractivity contribution is -0.137. The molecule has 0 spiro atoms. The van der Waals surface area contributed by atoms with Crippen LogP contribution in [0.1, 0.15) is 78.0 Å². The molecule has 4 saturated carbocycles. The monoisotopic (exact) mass is 564 g/mol. The molecular weight excluding hydrogens is 532 g/mol. The number of nitrogens with one attached hydrogen (secondary N) is 2. The van der Waals surface area contributed by atoms with Gasteiger partial charge >= 0.3 is 0 Å². The van der Waals surface area contributed by atoms with E-state index in [0.717, 1.165) is 58.2 Å². The van der Waals surface area contributed by atoms with E-state index in [2.05, 4.69) is 10.6 Å². The number of nitrogens with zero attached hydrogens (tertiary/aromatic N) is 2. The van der Waals surface area contributed by atoms with Crippen LogP contribution in [0, 0.1) is 17.8 Å². The van der Waals surface area contributed by atoms with Crippen LogP contribution in [-0.4, -0.2) is 45.1 Å². The highest BCUT2D eigenvalue weighted by molar-refractivity contribution is 7.98. The highest BCUT2D eigenvalue weighted by Gasteiger charge is 2.51. The molecule has 0 radical (unpaired) electrons. The fourth-order valence-electron chi connectivity index (χ4n) is 8.08. The Kier molecular flexibility index (Phi) is 6.30. The van der Waals surface area contributed by atoms with Gasteiger partial charge in [-0.05, 0) is 80.4 Å². The first-order valence-electron chi connectivity index (χ1n) is 14.0. The van der Waals surface area contributed by atoms with Crippen LogP contribution >= 0.6 is 23.1 Å². The minimum atomic E-state index is -0.619. The number of aromatic nitrogens is 1. The van der Waals surface area contributed by atoms with Crippen molar-refractivity contribution in [3.05, 3.63) is 45.4 Å². The molecular formula is C29H32N4O4S2. The van der Waals surface area contributed by atoms with Crippen molar-refractivity contribution in [2.45, 2.75) is 86.6 Å². The molecule has 39 heavy (non-hydrogen) atoms. The second-order valence-electron chi connectivity index (χ2n) is 12.1. The predicted molar refractivity (Wildman–Crippen MR) is 147 cm³/mol. The summed E-state index contributed by atoms with van der Waals surface area (Å²) in [6.07, 6.45) is 8.44. The average molecular weight is 565 g/mol. The molecule has 8 nitrogen and oxygen atoms in total. The van der Waals surface area contributed by atoms with E-state index in [4.69, 9.17) is 4.98 Å². The maximum Gasteiger partial charge on any atom is 0.255 e. The Bertz CT molecular complexity index is 1340. The third-order valence-electron chi connectivity index (χ3n) is 9.27. The summed E-state index contributed by atoms with van der Waals surface area (Å²) in [6.45, 7) is 0.358. The summed E-state index contributed by atoms with van der Waals surface area (Å²) in [6, 6.07) is 5.05. The first-order valence-corrected chi connectivity index (χ1v) is 15.8. The summed E-state index contributed by atoms with van der Waals surface area (Å²) in [4.78, 5) is 57.3. The Morgan fingerprint density at radius 3 is 2.59 bits per heavy atom. The summed E-state index contributed by atoms with van der Waals surface area (Å²) in [5.74, 6) is 2.27. The molecule has 2 aliphatic heterocycles. The molecule has 1 unspecified atom stereocenters. The van der Waals surface area contributed by atoms with Gasteiger partial charge in [0, 0.05) is 40.1 Å². The van der Waals surface area contributed by atoms with E-state index in [-0.39, 0.29) is 29.7 Å². The average Bonchev–Trinajstić information content (AvgIpc) is 3.45. The van der Waals surface area contributed by atoms with Crippen molar-refractivity contribution in [3.8, 4) is 0 Å². The number of carbonyl (C=O) groups excluding carboxylic acids is 4. The summed E-state index contributed by atoms with van der Waals surface area (Å²) in [5.41, 5.74) is 2.48. The molecule has 3 heterocycles. The largest absolute Gasteiger partial charge is 0.350 e. The Balaban J connectivity index is 0.970. The van der Waals surface area contributed by atoms with Crippen molar-refractivity contribution in [1.82, 2.24) is 20.5 Å². The van der Waals surface area contributed by atoms with E-state index in [1.54, 1.807) is 22.7 Å². The van der Waals surface area contributed by atoms with Crippen LogP contribution in [0.2, 0.25) is 0 Å². The molecule has 5 fully saturated rings. The van der Waals surface area contributed by atoms with Gasteiger partial charge in [0.25, 0.3) is 5.91 Å². The van der Waals surface area contributed by atoms with Gasteiger partial charge in [-0.15, -0.1) is 23.1 Å². The van der Waals surface area contributed by atoms with Crippen LogP contribution < -0.4 is 10.6 Å². The van der Waals surface area contributed by atoms with Crippen LogP contribution in [0.5, 0.6) is 0 Å². The van der Waals surface area contributed by atoms with E-state index in [0.29, 0.717) is 30.7 Å². The summed E-state index contributed by atoms with van der Waals surface area (Å²) >= 11 is 3.15. The number of rotatable bonds is 7. The molecule has 2 N–H and O–H groups in total. The number of hydrogen-bond donors (Lipinski definition) is 2. The van der Waals surface area contributed by atoms with E-state index < -0.39 is 11.9 Å². The number of hydrogen-bond acceptors (Lipinski definition) is 7. The lowest BCUT2D eigenvalue weighted by atomic mass is 9.53. The molecule has 6 aliphatic rings. The number of thiazole rings is 1. The van der Waals surface area contributed by atoms with E-state index in [9.17, 15) is 19.2 Å². The standard InChI is InChI=1S/C29H32N4O4S2/c34-24-5-4-22(27(36)31-24)33-13-21-20(28(33)37)2-1-3-23(21)38-14-19-15-39-26(30-19)9-25(35)32-29-10-16-6-17(11-29)8-18(7-16)12-29/h1-3,15-18,22H,4-14H2,(H,32,35)(H,31,34,36). The van der Waals surface area contributed by atoms with Crippen molar-refractivity contribution < 1.29 is 19.2 Å². The van der Waals surface area contributed by atoms with Gasteiger partial charge in [-0.3, -0.25) is 24.5 Å². The number of benzene rings is 1. The smallest absolute Gasteiger partial charge is 0.255 e. The Morgan fingerprint density at radius 2 is 1.87 bits per heavy atom. The normalized spacial score (nSPS) is 31.0. The van der Waals surface area contributed by atoms with Crippen molar-refractivity contribution in [1.29, 1.82) is 0 Å². The van der Waals surface area contributed by atoms with E-state index in [1.165, 1.54) is 30.6 Å². The van der Waals surface area contributed by atoms with E-state index >= 15 is 0 Å². The van der Waals surface area contributed by atoms with Gasteiger partial charge in [0.15, 0.2) is 0 Å². The first kappa shape index (κ1) is 25.3. The molecule has 1 aromatic carbocycles. The molecule has 4 amide bonds. The fraction of sp³-hybridized carbons (Fsp3) is 0.552. The van der Waals surface area contributed by atoms with Crippen molar-refractivity contribution in [2.75, 3.05) is 0 Å². The Hall–Kier alpha value is -2.72. The van der Waals surface area contributed by atoms with Gasteiger partial charge in [-0.1, -0.05) is 6.07 Å². The Morgan fingerprint density at radius 1 is 1.13 bits per heavy atom. The summed E-state index contributed by atoms with van der Waals surface area (Å²) in [5, 5.41) is 8.66. The lowest BCUT2D eigenvalue weighted by Crippen LogP contribution is -2.60. The summed E-state index contributed by atoms with van der Waals surface area (Å²) in [7, 11) is 0. The molecule has 2 aromatic rings. The van der Waals surface area contributed by atoms with Crippen LogP contribution in [0.15, 0.2) is 28.5 Å².